The van der Waals surface area contributed by atoms with Gasteiger partial charge in [-0.3, -0.25) is 0 Å². The van der Waals surface area contributed by atoms with Crippen molar-refractivity contribution in [1.82, 2.24) is 14.9 Å². The number of hydrogen-bond donors (Lipinski definition) is 2. The molecule has 0 aliphatic rings. The Kier molecular flexibility index (Phi) is 6.91. The predicted molar refractivity (Wildman–Crippen MR) is 122 cm³/mol. The number of halogens is 6. The van der Waals surface area contributed by atoms with Crippen LogP contribution in [0.25, 0.3) is 11.0 Å². The topological polar surface area (TPSA) is 59.0 Å². The first-order valence-corrected chi connectivity index (χ1v) is 10.8. The van der Waals surface area contributed by atoms with Crippen LogP contribution in [0, 0.1) is 0 Å². The first-order chi connectivity index (χ1) is 17.0. The van der Waals surface area contributed by atoms with Gasteiger partial charge in [0.15, 0.2) is 0 Å². The van der Waals surface area contributed by atoms with Crippen molar-refractivity contribution in [2.75, 3.05) is 5.32 Å². The molecular formula is C25H20F6N4O. The number of aromatic nitrogens is 2. The molecule has 1 aromatic heterocycles. The number of fused-ring (bicyclic) bond motifs is 1. The number of rotatable bonds is 6. The Balaban J connectivity index is 1.57. The standard InChI is InChI=1S/C25H20F6N4O/c26-24(27,28)17-11-18(25(29,30)31)13-19(12-17)33-23(36)34-20(10-16-6-2-1-3-7-16)14-35-15-32-21-8-4-5-9-22(21)35/h1-9,11-13,15,20H,10,14H2,(H2,33,34,36)/t20-/m0/s1. The van der Waals surface area contributed by atoms with Gasteiger partial charge < -0.3 is 15.2 Å². The third-order valence-corrected chi connectivity index (χ3v) is 5.45. The molecule has 0 radical (unpaired) electrons. The third kappa shape index (κ3) is 6.15. The minimum absolute atomic E-state index is 0.00540. The molecule has 0 saturated carbocycles. The van der Waals surface area contributed by atoms with Gasteiger partial charge in [0, 0.05) is 12.2 Å². The number of benzene rings is 3. The average molecular weight is 506 g/mol. The monoisotopic (exact) mass is 506 g/mol. The van der Waals surface area contributed by atoms with Crippen molar-refractivity contribution in [1.29, 1.82) is 0 Å². The lowest BCUT2D eigenvalue weighted by atomic mass is 10.1. The molecule has 4 aromatic rings. The number of imidazole rings is 1. The predicted octanol–water partition coefficient (Wildman–Crippen LogP) is 6.51. The number of alkyl halides is 6. The largest absolute Gasteiger partial charge is 0.416 e. The average Bonchev–Trinajstić information content (AvgIpc) is 3.21. The lowest BCUT2D eigenvalue weighted by Gasteiger charge is -2.21. The fraction of sp³-hybridized carbons (Fsp3) is 0.200. The highest BCUT2D eigenvalue weighted by Crippen LogP contribution is 2.37. The van der Waals surface area contributed by atoms with Crippen LogP contribution in [0.15, 0.2) is 79.1 Å². The summed E-state index contributed by atoms with van der Waals surface area (Å²) in [4.78, 5) is 17.0. The summed E-state index contributed by atoms with van der Waals surface area (Å²) in [7, 11) is 0. The van der Waals surface area contributed by atoms with Crippen LogP contribution in [0.5, 0.6) is 0 Å². The zero-order chi connectivity index (χ0) is 25.9. The van der Waals surface area contributed by atoms with Gasteiger partial charge in [-0.15, -0.1) is 0 Å². The molecule has 0 saturated heterocycles. The fourth-order valence-corrected chi connectivity index (χ4v) is 3.83. The van der Waals surface area contributed by atoms with Crippen LogP contribution < -0.4 is 10.6 Å². The van der Waals surface area contributed by atoms with Gasteiger partial charge in [0.2, 0.25) is 0 Å². The number of anilines is 1. The molecule has 0 spiro atoms. The van der Waals surface area contributed by atoms with Crippen LogP contribution in [0.4, 0.5) is 36.8 Å². The summed E-state index contributed by atoms with van der Waals surface area (Å²) in [5.41, 5.74) is -1.22. The van der Waals surface area contributed by atoms with Crippen LogP contribution in [-0.2, 0) is 25.3 Å². The molecule has 5 nitrogen and oxygen atoms in total. The van der Waals surface area contributed by atoms with E-state index in [-0.39, 0.29) is 12.6 Å². The zero-order valence-electron chi connectivity index (χ0n) is 18.6. The van der Waals surface area contributed by atoms with Crippen molar-refractivity contribution in [3.05, 3.63) is 95.8 Å². The zero-order valence-corrected chi connectivity index (χ0v) is 18.6. The van der Waals surface area contributed by atoms with E-state index in [1.54, 1.807) is 6.33 Å². The molecule has 0 aliphatic carbocycles. The van der Waals surface area contributed by atoms with E-state index in [1.165, 1.54) is 0 Å². The Morgan fingerprint density at radius 2 is 1.47 bits per heavy atom. The Morgan fingerprint density at radius 3 is 2.11 bits per heavy atom. The van der Waals surface area contributed by atoms with Gasteiger partial charge in [-0.05, 0) is 42.3 Å². The highest BCUT2D eigenvalue weighted by molar-refractivity contribution is 5.89. The van der Waals surface area contributed by atoms with Gasteiger partial charge in [-0.2, -0.15) is 26.3 Å². The molecule has 2 N–H and O–H groups in total. The van der Waals surface area contributed by atoms with E-state index in [4.69, 9.17) is 0 Å². The SMILES string of the molecule is O=C(Nc1cc(C(F)(F)F)cc(C(F)(F)F)c1)N[C@@H](Cc1ccccc1)Cn1cnc2ccccc21. The van der Waals surface area contributed by atoms with E-state index in [0.29, 0.717) is 18.6 Å². The number of nitrogens with zero attached hydrogens (tertiary/aromatic N) is 2. The van der Waals surface area contributed by atoms with Crippen molar-refractivity contribution >= 4 is 22.8 Å². The summed E-state index contributed by atoms with van der Waals surface area (Å²) in [6, 6.07) is 15.9. The maximum Gasteiger partial charge on any atom is 0.416 e. The van der Waals surface area contributed by atoms with Gasteiger partial charge >= 0.3 is 18.4 Å². The van der Waals surface area contributed by atoms with Crippen molar-refractivity contribution in [2.24, 2.45) is 0 Å². The first-order valence-electron chi connectivity index (χ1n) is 10.8. The Labute approximate surface area is 201 Å². The van der Waals surface area contributed by atoms with Crippen LogP contribution in [-0.4, -0.2) is 21.6 Å². The van der Waals surface area contributed by atoms with Crippen molar-refractivity contribution in [3.8, 4) is 0 Å². The molecule has 36 heavy (non-hydrogen) atoms. The maximum atomic E-state index is 13.2. The molecule has 1 atom stereocenters. The van der Waals surface area contributed by atoms with E-state index in [1.807, 2.05) is 59.2 Å². The van der Waals surface area contributed by atoms with Crippen LogP contribution >= 0.6 is 0 Å². The normalized spacial score (nSPS) is 12.9. The maximum absolute atomic E-state index is 13.2. The van der Waals surface area contributed by atoms with Crippen molar-refractivity contribution in [3.63, 3.8) is 0 Å². The highest BCUT2D eigenvalue weighted by Gasteiger charge is 2.37. The number of hydrogen-bond acceptors (Lipinski definition) is 2. The molecule has 0 aliphatic heterocycles. The summed E-state index contributed by atoms with van der Waals surface area (Å²) >= 11 is 0. The number of nitrogens with one attached hydrogen (secondary N) is 2. The Hall–Kier alpha value is -4.02. The minimum Gasteiger partial charge on any atom is -0.333 e. The number of carbonyl (C=O) groups excluding carboxylic acids is 1. The number of para-hydroxylation sites is 2. The van der Waals surface area contributed by atoms with E-state index in [2.05, 4.69) is 15.6 Å². The second-order valence-corrected chi connectivity index (χ2v) is 8.17. The van der Waals surface area contributed by atoms with Gasteiger partial charge in [-0.25, -0.2) is 9.78 Å². The lowest BCUT2D eigenvalue weighted by molar-refractivity contribution is -0.143. The molecule has 11 heteroatoms. The van der Waals surface area contributed by atoms with E-state index in [0.717, 1.165) is 16.6 Å². The molecule has 3 aromatic carbocycles. The minimum atomic E-state index is -5.02. The molecule has 1 heterocycles. The van der Waals surface area contributed by atoms with E-state index < -0.39 is 41.2 Å². The molecule has 0 fully saturated rings. The van der Waals surface area contributed by atoms with E-state index >= 15 is 0 Å². The summed E-state index contributed by atoms with van der Waals surface area (Å²) in [5, 5.41) is 4.80. The van der Waals surface area contributed by atoms with Gasteiger partial charge in [0.1, 0.15) is 0 Å². The van der Waals surface area contributed by atoms with Gasteiger partial charge in [0.05, 0.1) is 34.5 Å². The summed E-state index contributed by atoms with van der Waals surface area (Å²) < 4.78 is 80.8. The van der Waals surface area contributed by atoms with Crippen LogP contribution in [0.3, 0.4) is 0 Å². The number of amides is 2. The lowest BCUT2D eigenvalue weighted by Crippen LogP contribution is -2.42. The second-order valence-electron chi connectivity index (χ2n) is 8.17. The summed E-state index contributed by atoms with van der Waals surface area (Å²) in [6.07, 6.45) is -8.08. The highest BCUT2D eigenvalue weighted by atomic mass is 19.4. The Bertz CT molecular complexity index is 1320. The molecule has 0 bridgehead atoms. The molecule has 188 valence electrons. The van der Waals surface area contributed by atoms with Crippen LogP contribution in [0.2, 0.25) is 0 Å². The molecule has 4 rings (SSSR count). The fourth-order valence-electron chi connectivity index (χ4n) is 3.83. The van der Waals surface area contributed by atoms with Crippen molar-refractivity contribution < 1.29 is 31.1 Å². The van der Waals surface area contributed by atoms with E-state index in [9.17, 15) is 31.1 Å². The first kappa shape index (κ1) is 25.1. The smallest absolute Gasteiger partial charge is 0.333 e. The molecule has 0 unspecified atom stereocenters. The Morgan fingerprint density at radius 1 is 0.861 bits per heavy atom. The van der Waals surface area contributed by atoms with Gasteiger partial charge in [-0.1, -0.05) is 42.5 Å². The van der Waals surface area contributed by atoms with Crippen molar-refractivity contribution in [2.45, 2.75) is 31.4 Å². The molecular weight excluding hydrogens is 486 g/mol. The second kappa shape index (κ2) is 9.92. The molecule has 2 amide bonds. The quantitative estimate of drug-likeness (QED) is 0.293. The van der Waals surface area contributed by atoms with Crippen LogP contribution in [0.1, 0.15) is 16.7 Å². The third-order valence-electron chi connectivity index (χ3n) is 5.45. The van der Waals surface area contributed by atoms with Gasteiger partial charge in [0.25, 0.3) is 0 Å². The number of urea groups is 1. The summed E-state index contributed by atoms with van der Waals surface area (Å²) in [5.74, 6) is 0. The summed E-state index contributed by atoms with van der Waals surface area (Å²) in [6.45, 7) is 0.263. The number of carbonyl (C=O) groups is 1.